The Bertz CT molecular complexity index is 1030. The molecule has 0 atom stereocenters. The first-order valence-electron chi connectivity index (χ1n) is 9.42. The molecule has 0 aliphatic carbocycles. The second-order valence-corrected chi connectivity index (χ2v) is 7.52. The fraction of sp³-hybridized carbons (Fsp3) is 0.217. The number of nitrogens with one attached hydrogen (secondary N) is 1. The fourth-order valence-corrected chi connectivity index (χ4v) is 3.44. The van der Waals surface area contributed by atoms with Gasteiger partial charge in [0.2, 0.25) is 5.91 Å². The van der Waals surface area contributed by atoms with E-state index in [1.165, 1.54) is 17.4 Å². The first-order chi connectivity index (χ1) is 14.5. The number of methoxy groups -OCH3 is 2. The van der Waals surface area contributed by atoms with Gasteiger partial charge >= 0.3 is 0 Å². The van der Waals surface area contributed by atoms with Crippen LogP contribution >= 0.6 is 11.3 Å². The molecule has 7 heteroatoms. The molecule has 6 nitrogen and oxygen atoms in total. The molecule has 1 amide bonds. The van der Waals surface area contributed by atoms with Crippen LogP contribution < -0.4 is 19.5 Å². The van der Waals surface area contributed by atoms with Crippen LogP contribution in [0, 0.1) is 0 Å². The zero-order chi connectivity index (χ0) is 21.5. The number of hydrogen-bond acceptors (Lipinski definition) is 6. The minimum atomic E-state index is -0.258. The molecule has 0 aliphatic rings. The highest BCUT2D eigenvalue weighted by molar-refractivity contribution is 7.14. The van der Waals surface area contributed by atoms with Crippen LogP contribution in [0.25, 0.3) is 17.3 Å². The van der Waals surface area contributed by atoms with Crippen LogP contribution in [0.5, 0.6) is 17.2 Å². The number of carbonyl (C=O) groups is 1. The van der Waals surface area contributed by atoms with E-state index >= 15 is 0 Å². The standard InChI is InChI=1S/C23H24N2O4S/c1-15(2)29-18-9-7-17(8-10-18)19-14-30-23(24-19)25-22(26)12-6-16-5-11-20(27-3)21(13-16)28-4/h5-15H,1-4H3,(H,24,25,26). The summed E-state index contributed by atoms with van der Waals surface area (Å²) >= 11 is 1.38. The molecule has 3 aromatic rings. The summed E-state index contributed by atoms with van der Waals surface area (Å²) in [6, 6.07) is 13.2. The molecule has 1 N–H and O–H groups in total. The Kier molecular flexibility index (Phi) is 7.08. The Hall–Kier alpha value is -3.32. The second kappa shape index (κ2) is 9.93. The van der Waals surface area contributed by atoms with Gasteiger partial charge in [-0.2, -0.15) is 0 Å². The van der Waals surface area contributed by atoms with Gasteiger partial charge in [-0.15, -0.1) is 11.3 Å². The van der Waals surface area contributed by atoms with Crippen molar-refractivity contribution in [2.45, 2.75) is 20.0 Å². The van der Waals surface area contributed by atoms with E-state index in [-0.39, 0.29) is 12.0 Å². The molecule has 0 saturated carbocycles. The Morgan fingerprint density at radius 1 is 1.07 bits per heavy atom. The van der Waals surface area contributed by atoms with Crippen LogP contribution in [0.3, 0.4) is 0 Å². The second-order valence-electron chi connectivity index (χ2n) is 6.67. The Morgan fingerprint density at radius 2 is 1.80 bits per heavy atom. The summed E-state index contributed by atoms with van der Waals surface area (Å²) < 4.78 is 16.1. The zero-order valence-corrected chi connectivity index (χ0v) is 18.2. The third kappa shape index (κ3) is 5.61. The SMILES string of the molecule is COc1ccc(C=CC(=O)Nc2nc(-c3ccc(OC(C)C)cc3)cs2)cc1OC. The van der Waals surface area contributed by atoms with Gasteiger partial charge in [-0.1, -0.05) is 6.07 Å². The maximum atomic E-state index is 12.3. The quantitative estimate of drug-likeness (QED) is 0.499. The van der Waals surface area contributed by atoms with Crippen molar-refractivity contribution in [1.82, 2.24) is 4.98 Å². The van der Waals surface area contributed by atoms with Gasteiger partial charge in [-0.25, -0.2) is 4.98 Å². The van der Waals surface area contributed by atoms with Crippen molar-refractivity contribution in [3.05, 3.63) is 59.5 Å². The molecular weight excluding hydrogens is 400 g/mol. The summed E-state index contributed by atoms with van der Waals surface area (Å²) in [6.07, 6.45) is 3.29. The molecule has 1 aromatic heterocycles. The van der Waals surface area contributed by atoms with Crippen LogP contribution in [0.1, 0.15) is 19.4 Å². The maximum absolute atomic E-state index is 12.3. The number of nitrogens with zero attached hydrogens (tertiary/aromatic N) is 1. The molecule has 0 radical (unpaired) electrons. The van der Waals surface area contributed by atoms with Crippen molar-refractivity contribution in [3.8, 4) is 28.5 Å². The number of aromatic nitrogens is 1. The van der Waals surface area contributed by atoms with Crippen molar-refractivity contribution < 1.29 is 19.0 Å². The van der Waals surface area contributed by atoms with Gasteiger partial charge < -0.3 is 14.2 Å². The van der Waals surface area contributed by atoms with Gasteiger partial charge in [0.15, 0.2) is 16.6 Å². The summed E-state index contributed by atoms with van der Waals surface area (Å²) in [5.74, 6) is 1.80. The Labute approximate surface area is 180 Å². The molecule has 30 heavy (non-hydrogen) atoms. The fourth-order valence-electron chi connectivity index (χ4n) is 2.72. The van der Waals surface area contributed by atoms with E-state index in [1.807, 2.05) is 49.6 Å². The first-order valence-corrected chi connectivity index (χ1v) is 10.3. The van der Waals surface area contributed by atoms with Crippen molar-refractivity contribution >= 4 is 28.5 Å². The topological polar surface area (TPSA) is 69.7 Å². The van der Waals surface area contributed by atoms with Gasteiger partial charge in [0.25, 0.3) is 0 Å². The predicted molar refractivity (Wildman–Crippen MR) is 121 cm³/mol. The predicted octanol–water partition coefficient (Wildman–Crippen LogP) is 5.27. The highest BCUT2D eigenvalue weighted by atomic mass is 32.1. The van der Waals surface area contributed by atoms with Crippen LogP contribution in [-0.4, -0.2) is 31.2 Å². The van der Waals surface area contributed by atoms with Crippen molar-refractivity contribution in [1.29, 1.82) is 0 Å². The number of hydrogen-bond donors (Lipinski definition) is 1. The molecule has 0 spiro atoms. The molecule has 0 saturated heterocycles. The summed E-state index contributed by atoms with van der Waals surface area (Å²) in [5, 5.41) is 5.24. The molecule has 156 valence electrons. The molecule has 0 unspecified atom stereocenters. The van der Waals surface area contributed by atoms with Crippen molar-refractivity contribution in [2.24, 2.45) is 0 Å². The molecule has 0 aliphatic heterocycles. The first kappa shape index (κ1) is 21.4. The van der Waals surface area contributed by atoms with Crippen LogP contribution in [0.15, 0.2) is 53.9 Å². The molecule has 0 bridgehead atoms. The number of carbonyl (C=O) groups excluding carboxylic acids is 1. The summed E-state index contributed by atoms with van der Waals surface area (Å²) in [4.78, 5) is 16.7. The van der Waals surface area contributed by atoms with E-state index < -0.39 is 0 Å². The Balaban J connectivity index is 1.63. The van der Waals surface area contributed by atoms with Crippen molar-refractivity contribution in [3.63, 3.8) is 0 Å². The van der Waals surface area contributed by atoms with Crippen LogP contribution in [-0.2, 0) is 4.79 Å². The normalized spacial score (nSPS) is 11.0. The molecule has 1 heterocycles. The number of ether oxygens (including phenoxy) is 3. The lowest BCUT2D eigenvalue weighted by Gasteiger charge is -2.09. The summed E-state index contributed by atoms with van der Waals surface area (Å²) in [6.45, 7) is 3.98. The smallest absolute Gasteiger partial charge is 0.250 e. The van der Waals surface area contributed by atoms with Crippen molar-refractivity contribution in [2.75, 3.05) is 19.5 Å². The van der Waals surface area contributed by atoms with Crippen LogP contribution in [0.2, 0.25) is 0 Å². The van der Waals surface area contributed by atoms with Gasteiger partial charge in [-0.05, 0) is 61.9 Å². The van der Waals surface area contributed by atoms with Gasteiger partial charge in [0, 0.05) is 17.0 Å². The number of thiazole rings is 1. The van der Waals surface area contributed by atoms with E-state index in [0.29, 0.717) is 16.6 Å². The zero-order valence-electron chi connectivity index (χ0n) is 17.3. The molecule has 0 fully saturated rings. The molecular formula is C23H24N2O4S. The molecule has 2 aromatic carbocycles. The Morgan fingerprint density at radius 3 is 2.47 bits per heavy atom. The largest absolute Gasteiger partial charge is 0.493 e. The number of rotatable bonds is 8. The van der Waals surface area contributed by atoms with Crippen LogP contribution in [0.4, 0.5) is 5.13 Å². The van der Waals surface area contributed by atoms with E-state index in [4.69, 9.17) is 14.2 Å². The highest BCUT2D eigenvalue weighted by Crippen LogP contribution is 2.28. The third-order valence-corrected chi connectivity index (χ3v) is 4.85. The number of benzene rings is 2. The van der Waals surface area contributed by atoms with Gasteiger partial charge in [0.1, 0.15) is 5.75 Å². The minimum absolute atomic E-state index is 0.129. The average molecular weight is 425 g/mol. The number of amides is 1. The van der Waals surface area contributed by atoms with Gasteiger partial charge in [0.05, 0.1) is 26.0 Å². The minimum Gasteiger partial charge on any atom is -0.493 e. The third-order valence-electron chi connectivity index (χ3n) is 4.09. The number of anilines is 1. The maximum Gasteiger partial charge on any atom is 0.250 e. The van der Waals surface area contributed by atoms with Gasteiger partial charge in [-0.3, -0.25) is 10.1 Å². The van der Waals surface area contributed by atoms with E-state index in [0.717, 1.165) is 22.6 Å². The van der Waals surface area contributed by atoms with E-state index in [2.05, 4.69) is 10.3 Å². The lowest BCUT2D eigenvalue weighted by atomic mass is 10.2. The van der Waals surface area contributed by atoms with E-state index in [9.17, 15) is 4.79 Å². The monoisotopic (exact) mass is 424 g/mol. The lowest BCUT2D eigenvalue weighted by molar-refractivity contribution is -0.111. The molecule has 3 rings (SSSR count). The summed E-state index contributed by atoms with van der Waals surface area (Å²) in [7, 11) is 3.15. The summed E-state index contributed by atoms with van der Waals surface area (Å²) in [5.41, 5.74) is 2.59. The highest BCUT2D eigenvalue weighted by Gasteiger charge is 2.08. The lowest BCUT2D eigenvalue weighted by Crippen LogP contribution is -2.07. The average Bonchev–Trinajstić information content (AvgIpc) is 3.20. The van der Waals surface area contributed by atoms with E-state index in [1.54, 1.807) is 32.4 Å².